The van der Waals surface area contributed by atoms with Gasteiger partial charge in [-0.05, 0) is 17.7 Å². The van der Waals surface area contributed by atoms with Crippen LogP contribution in [-0.4, -0.2) is 9.97 Å². The van der Waals surface area contributed by atoms with E-state index in [0.717, 1.165) is 0 Å². The van der Waals surface area contributed by atoms with Crippen molar-refractivity contribution in [1.82, 2.24) is 9.97 Å². The minimum Gasteiger partial charge on any atom is -0.316 e. The van der Waals surface area contributed by atoms with Crippen molar-refractivity contribution in [1.29, 1.82) is 0 Å². The number of nitrogens with one attached hydrogen (secondary N) is 2. The maximum atomic E-state index is 11.0. The molecule has 0 fully saturated rings. The van der Waals surface area contributed by atoms with E-state index in [2.05, 4.69) is 20.0 Å². The molecule has 0 aliphatic heterocycles. The Morgan fingerprint density at radius 3 is 2.47 bits per heavy atom. The Balaban J connectivity index is 2.82. The Kier molecular flexibility index (Phi) is 2.00. The largest absolute Gasteiger partial charge is 0.316 e. The topological polar surface area (TPSA) is 114 Å². The molecule has 0 saturated carbocycles. The number of hydrogen-bond acceptors (Lipinski definition) is 3. The summed E-state index contributed by atoms with van der Waals surface area (Å²) < 4.78 is 0. The molecule has 1 aromatic heterocycles. The number of benzene rings is 1. The van der Waals surface area contributed by atoms with E-state index in [9.17, 15) is 9.59 Å². The van der Waals surface area contributed by atoms with Crippen molar-refractivity contribution >= 4 is 16.7 Å². The number of fused-ring (bicyclic) bond motifs is 1. The summed E-state index contributed by atoms with van der Waals surface area (Å²) in [7, 11) is 0. The highest BCUT2D eigenvalue weighted by molar-refractivity contribution is 5.77. The van der Waals surface area contributed by atoms with Gasteiger partial charge in [0.2, 0.25) is 0 Å². The first kappa shape index (κ1) is 9.04. The molecule has 2 N–H and O–H groups in total. The summed E-state index contributed by atoms with van der Waals surface area (Å²) in [4.78, 5) is 29.3. The van der Waals surface area contributed by atoms with Crippen LogP contribution >= 0.6 is 0 Å². The van der Waals surface area contributed by atoms with E-state index in [0.29, 0.717) is 16.7 Å². The van der Waals surface area contributed by atoms with Gasteiger partial charge < -0.3 is 9.97 Å². The van der Waals surface area contributed by atoms with Crippen molar-refractivity contribution < 1.29 is 0 Å². The van der Waals surface area contributed by atoms with Gasteiger partial charge >= 0.3 is 11.1 Å². The van der Waals surface area contributed by atoms with Gasteiger partial charge in [0.1, 0.15) is 0 Å². The minimum absolute atomic E-state index is 0.368. The zero-order valence-electron chi connectivity index (χ0n) is 7.39. The fourth-order valence-corrected chi connectivity index (χ4v) is 1.22. The average Bonchev–Trinajstić information content (AvgIpc) is 2.21. The second-order valence-electron chi connectivity index (χ2n) is 2.83. The molecule has 0 aliphatic rings. The second kappa shape index (κ2) is 3.32. The van der Waals surface area contributed by atoms with Crippen LogP contribution in [0.15, 0.2) is 32.9 Å². The van der Waals surface area contributed by atoms with Gasteiger partial charge in [-0.1, -0.05) is 11.2 Å². The average molecular weight is 203 g/mol. The number of aromatic nitrogens is 2. The third-order valence-electron chi connectivity index (χ3n) is 1.87. The predicted octanol–water partition coefficient (Wildman–Crippen LogP) is 1.16. The second-order valence-corrected chi connectivity index (χ2v) is 2.83. The van der Waals surface area contributed by atoms with Gasteiger partial charge in [-0.25, -0.2) is 0 Å². The molecule has 2 aromatic rings. The maximum absolute atomic E-state index is 11.0. The van der Waals surface area contributed by atoms with E-state index in [1.807, 2.05) is 0 Å². The van der Waals surface area contributed by atoms with Crippen LogP contribution in [0.4, 0.5) is 5.69 Å². The molecule has 1 aromatic carbocycles. The first-order valence-electron chi connectivity index (χ1n) is 4.02. The number of hydrogen-bond donors (Lipinski definition) is 2. The Hall–Kier alpha value is -2.53. The Morgan fingerprint density at radius 2 is 1.80 bits per heavy atom. The molecule has 15 heavy (non-hydrogen) atoms. The molecular formula is C8H5N5O2. The number of nitrogens with zero attached hydrogens (tertiary/aromatic N) is 3. The van der Waals surface area contributed by atoms with Gasteiger partial charge in [-0.2, -0.15) is 0 Å². The lowest BCUT2D eigenvalue weighted by Gasteiger charge is -1.97. The predicted molar refractivity (Wildman–Crippen MR) is 54.0 cm³/mol. The van der Waals surface area contributed by atoms with Gasteiger partial charge in [0.25, 0.3) is 0 Å². The minimum atomic E-state index is -0.736. The fraction of sp³-hybridized carbons (Fsp3) is 0. The molecule has 0 atom stereocenters. The Morgan fingerprint density at radius 1 is 1.13 bits per heavy atom. The normalized spacial score (nSPS) is 9.87. The van der Waals surface area contributed by atoms with Crippen molar-refractivity contribution in [2.75, 3.05) is 0 Å². The van der Waals surface area contributed by atoms with E-state index in [4.69, 9.17) is 5.53 Å². The maximum Gasteiger partial charge on any atom is 0.314 e. The highest BCUT2D eigenvalue weighted by Crippen LogP contribution is 2.16. The lowest BCUT2D eigenvalue weighted by atomic mass is 10.3. The number of rotatable bonds is 1. The number of aromatic amines is 2. The van der Waals surface area contributed by atoms with Gasteiger partial charge in [0, 0.05) is 10.6 Å². The monoisotopic (exact) mass is 203 g/mol. The third kappa shape index (κ3) is 1.59. The molecule has 74 valence electrons. The van der Waals surface area contributed by atoms with Crippen LogP contribution in [0.25, 0.3) is 21.5 Å². The van der Waals surface area contributed by atoms with Crippen LogP contribution in [0.3, 0.4) is 0 Å². The summed E-state index contributed by atoms with van der Waals surface area (Å²) >= 11 is 0. The molecular weight excluding hydrogens is 198 g/mol. The molecule has 7 nitrogen and oxygen atoms in total. The van der Waals surface area contributed by atoms with Crippen molar-refractivity contribution in [3.63, 3.8) is 0 Å². The zero-order chi connectivity index (χ0) is 10.8. The molecule has 2 rings (SSSR count). The van der Waals surface area contributed by atoms with Crippen LogP contribution in [0.2, 0.25) is 0 Å². The fourth-order valence-electron chi connectivity index (χ4n) is 1.22. The molecule has 0 amide bonds. The molecule has 0 bridgehead atoms. The van der Waals surface area contributed by atoms with E-state index < -0.39 is 11.1 Å². The summed E-state index contributed by atoms with van der Waals surface area (Å²) in [5.74, 6) is 0. The molecule has 0 spiro atoms. The van der Waals surface area contributed by atoms with E-state index >= 15 is 0 Å². The van der Waals surface area contributed by atoms with Crippen LogP contribution in [-0.2, 0) is 0 Å². The first-order valence-corrected chi connectivity index (χ1v) is 4.02. The Bertz CT molecular complexity index is 677. The summed E-state index contributed by atoms with van der Waals surface area (Å²) in [6.45, 7) is 0. The first-order chi connectivity index (χ1) is 7.20. The highest BCUT2D eigenvalue weighted by Gasteiger charge is 1.99. The van der Waals surface area contributed by atoms with Gasteiger partial charge in [0.05, 0.1) is 11.0 Å². The van der Waals surface area contributed by atoms with Gasteiger partial charge in [0.15, 0.2) is 0 Å². The molecule has 1 heterocycles. The van der Waals surface area contributed by atoms with Crippen LogP contribution < -0.4 is 11.1 Å². The van der Waals surface area contributed by atoms with E-state index in [-0.39, 0.29) is 0 Å². The molecule has 0 aliphatic carbocycles. The van der Waals surface area contributed by atoms with Crippen molar-refractivity contribution in [2.45, 2.75) is 0 Å². The lowest BCUT2D eigenvalue weighted by molar-refractivity contribution is 1.15. The SMILES string of the molecule is [N-]=[N+]=Nc1ccc2[nH]c(=O)c(=O)[nH]c2c1. The summed E-state index contributed by atoms with van der Waals surface area (Å²) in [5.41, 5.74) is 8.05. The molecule has 0 saturated heterocycles. The van der Waals surface area contributed by atoms with E-state index in [1.54, 1.807) is 6.07 Å². The van der Waals surface area contributed by atoms with Crippen LogP contribution in [0.1, 0.15) is 0 Å². The number of azide groups is 1. The zero-order valence-corrected chi connectivity index (χ0v) is 7.39. The summed E-state index contributed by atoms with van der Waals surface area (Å²) in [5, 5.41) is 3.38. The van der Waals surface area contributed by atoms with Crippen LogP contribution in [0.5, 0.6) is 0 Å². The third-order valence-corrected chi connectivity index (χ3v) is 1.87. The quantitative estimate of drug-likeness (QED) is 0.313. The van der Waals surface area contributed by atoms with Gasteiger partial charge in [-0.3, -0.25) is 9.59 Å². The molecule has 0 radical (unpaired) electrons. The van der Waals surface area contributed by atoms with E-state index in [1.165, 1.54) is 12.1 Å². The standard InChI is InChI=1S/C8H5N5O2/c9-13-12-4-1-2-5-6(3-4)11-8(15)7(14)10-5/h1-3H,(H,10,14)(H,11,15). The lowest BCUT2D eigenvalue weighted by Crippen LogP contribution is -2.28. The van der Waals surface area contributed by atoms with Gasteiger partial charge in [-0.15, -0.1) is 0 Å². The molecule has 0 unspecified atom stereocenters. The molecule has 7 heteroatoms. The summed E-state index contributed by atoms with van der Waals surface area (Å²) in [6, 6.07) is 4.57. The smallest absolute Gasteiger partial charge is 0.314 e. The van der Waals surface area contributed by atoms with Crippen molar-refractivity contribution in [3.05, 3.63) is 49.3 Å². The Labute approximate surface area is 82.0 Å². The van der Waals surface area contributed by atoms with Crippen molar-refractivity contribution in [3.8, 4) is 0 Å². The highest BCUT2D eigenvalue weighted by atomic mass is 16.2. The summed E-state index contributed by atoms with van der Waals surface area (Å²) in [6.07, 6.45) is 0. The van der Waals surface area contributed by atoms with Crippen LogP contribution in [0, 0.1) is 0 Å². The number of H-pyrrole nitrogens is 2. The van der Waals surface area contributed by atoms with Crippen molar-refractivity contribution in [2.24, 2.45) is 5.11 Å².